The highest BCUT2D eigenvalue weighted by atomic mass is 35.5. The Morgan fingerprint density at radius 3 is 2.52 bits per heavy atom. The number of carbonyl (C=O) groups is 1. The smallest absolute Gasteiger partial charge is 0.254 e. The Hall–Kier alpha value is -1.30. The predicted molar refractivity (Wildman–Crippen MR) is 98.5 cm³/mol. The average molecular weight is 367 g/mol. The summed E-state index contributed by atoms with van der Waals surface area (Å²) < 4.78 is 10.7. The molecular formula is C19H27ClN2O3. The molecule has 1 aromatic rings. The highest BCUT2D eigenvalue weighted by Gasteiger charge is 2.30. The summed E-state index contributed by atoms with van der Waals surface area (Å²) in [5.41, 5.74) is 0.601. The maximum absolute atomic E-state index is 12.8. The third-order valence-electron chi connectivity index (χ3n) is 5.48. The molecule has 2 heterocycles. The van der Waals surface area contributed by atoms with Crippen LogP contribution in [-0.2, 0) is 4.74 Å². The Balaban J connectivity index is 1.58. The van der Waals surface area contributed by atoms with Gasteiger partial charge in [-0.15, -0.1) is 0 Å². The summed E-state index contributed by atoms with van der Waals surface area (Å²) in [7, 11) is 1.58. The van der Waals surface area contributed by atoms with E-state index in [1.54, 1.807) is 25.3 Å². The summed E-state index contributed by atoms with van der Waals surface area (Å²) in [6.07, 6.45) is 2.09. The van der Waals surface area contributed by atoms with E-state index in [0.717, 1.165) is 52.2 Å². The lowest BCUT2D eigenvalue weighted by atomic mass is 9.89. The zero-order valence-corrected chi connectivity index (χ0v) is 15.8. The van der Waals surface area contributed by atoms with E-state index in [9.17, 15) is 4.79 Å². The topological polar surface area (TPSA) is 42.0 Å². The van der Waals surface area contributed by atoms with E-state index in [-0.39, 0.29) is 5.91 Å². The molecule has 3 rings (SSSR count). The minimum atomic E-state index is 0.0401. The summed E-state index contributed by atoms with van der Waals surface area (Å²) in [5, 5.41) is 0.526. The van der Waals surface area contributed by atoms with Gasteiger partial charge < -0.3 is 14.4 Å². The maximum atomic E-state index is 12.8. The number of amides is 1. The molecular weight excluding hydrogens is 340 g/mol. The molecule has 1 amide bonds. The lowest BCUT2D eigenvalue weighted by Gasteiger charge is -2.41. The number of likely N-dealkylation sites (tertiary alicyclic amines) is 1. The minimum absolute atomic E-state index is 0.0401. The summed E-state index contributed by atoms with van der Waals surface area (Å²) in [6.45, 7) is 7.61. The fourth-order valence-corrected chi connectivity index (χ4v) is 4.08. The number of ether oxygens (including phenoxy) is 2. The summed E-state index contributed by atoms with van der Waals surface area (Å²) in [5.74, 6) is 1.29. The lowest BCUT2D eigenvalue weighted by Crippen LogP contribution is -2.49. The van der Waals surface area contributed by atoms with Crippen molar-refractivity contribution in [3.05, 3.63) is 28.8 Å². The van der Waals surface area contributed by atoms with E-state index in [1.165, 1.54) is 0 Å². The van der Waals surface area contributed by atoms with Crippen molar-refractivity contribution in [3.8, 4) is 5.75 Å². The molecule has 0 unspecified atom stereocenters. The first-order chi connectivity index (χ1) is 12.1. The van der Waals surface area contributed by atoms with E-state index in [2.05, 4.69) is 11.8 Å². The first-order valence-electron chi connectivity index (χ1n) is 9.04. The van der Waals surface area contributed by atoms with Crippen LogP contribution < -0.4 is 4.74 Å². The Kier molecular flexibility index (Phi) is 6.20. The number of methoxy groups -OCH3 is 1. The van der Waals surface area contributed by atoms with Gasteiger partial charge in [0.05, 0.1) is 20.3 Å². The Morgan fingerprint density at radius 2 is 1.88 bits per heavy atom. The molecule has 0 aliphatic carbocycles. The number of benzene rings is 1. The number of hydrogen-bond donors (Lipinski definition) is 0. The zero-order chi connectivity index (χ0) is 17.8. The molecule has 0 N–H and O–H groups in total. The molecule has 2 fully saturated rings. The second-order valence-electron chi connectivity index (χ2n) is 6.90. The quantitative estimate of drug-likeness (QED) is 0.821. The third-order valence-corrected chi connectivity index (χ3v) is 5.70. The second kappa shape index (κ2) is 8.39. The van der Waals surface area contributed by atoms with Crippen molar-refractivity contribution in [2.75, 3.05) is 46.5 Å². The average Bonchev–Trinajstić information content (AvgIpc) is 2.67. The lowest BCUT2D eigenvalue weighted by molar-refractivity contribution is -0.000952. The van der Waals surface area contributed by atoms with Crippen LogP contribution >= 0.6 is 11.6 Å². The monoisotopic (exact) mass is 366 g/mol. The van der Waals surface area contributed by atoms with Crippen molar-refractivity contribution >= 4 is 17.5 Å². The summed E-state index contributed by atoms with van der Waals surface area (Å²) in [6, 6.07) is 5.74. The number of piperidine rings is 1. The molecule has 0 bridgehead atoms. The van der Waals surface area contributed by atoms with Crippen LogP contribution in [0.4, 0.5) is 0 Å². The van der Waals surface area contributed by atoms with Gasteiger partial charge in [-0.05, 0) is 43.9 Å². The Bertz CT molecular complexity index is 596. The van der Waals surface area contributed by atoms with Crippen LogP contribution in [0.2, 0.25) is 5.02 Å². The van der Waals surface area contributed by atoms with Crippen molar-refractivity contribution in [1.82, 2.24) is 9.80 Å². The van der Waals surface area contributed by atoms with E-state index in [1.807, 2.05) is 4.90 Å². The SMILES string of the molecule is COc1cc(Cl)cc(C(=O)N2CCC([C@H](C)N3CCOCC3)CC2)c1. The van der Waals surface area contributed by atoms with Gasteiger partial charge in [0.15, 0.2) is 0 Å². The van der Waals surface area contributed by atoms with Crippen molar-refractivity contribution < 1.29 is 14.3 Å². The molecule has 1 aromatic carbocycles. The molecule has 138 valence electrons. The van der Waals surface area contributed by atoms with Gasteiger partial charge in [-0.1, -0.05) is 11.6 Å². The van der Waals surface area contributed by atoms with Crippen LogP contribution in [0, 0.1) is 5.92 Å². The highest BCUT2D eigenvalue weighted by molar-refractivity contribution is 6.31. The molecule has 0 aromatic heterocycles. The minimum Gasteiger partial charge on any atom is -0.497 e. The predicted octanol–water partition coefficient (Wildman–Crippen LogP) is 2.92. The Labute approximate surface area is 154 Å². The molecule has 6 heteroatoms. The van der Waals surface area contributed by atoms with Gasteiger partial charge in [-0.3, -0.25) is 9.69 Å². The first kappa shape index (κ1) is 18.5. The van der Waals surface area contributed by atoms with Crippen LogP contribution in [0.5, 0.6) is 5.75 Å². The van der Waals surface area contributed by atoms with Crippen molar-refractivity contribution in [2.45, 2.75) is 25.8 Å². The van der Waals surface area contributed by atoms with Crippen molar-refractivity contribution in [1.29, 1.82) is 0 Å². The van der Waals surface area contributed by atoms with Gasteiger partial charge in [0.25, 0.3) is 5.91 Å². The van der Waals surface area contributed by atoms with E-state index < -0.39 is 0 Å². The molecule has 5 nitrogen and oxygen atoms in total. The second-order valence-corrected chi connectivity index (χ2v) is 7.33. The number of carbonyl (C=O) groups excluding carboxylic acids is 1. The number of nitrogens with zero attached hydrogens (tertiary/aromatic N) is 2. The van der Waals surface area contributed by atoms with E-state index >= 15 is 0 Å². The molecule has 2 aliphatic rings. The fourth-order valence-electron chi connectivity index (χ4n) is 3.85. The first-order valence-corrected chi connectivity index (χ1v) is 9.42. The van der Waals surface area contributed by atoms with Crippen molar-refractivity contribution in [3.63, 3.8) is 0 Å². The number of rotatable bonds is 4. The van der Waals surface area contributed by atoms with Crippen LogP contribution in [0.15, 0.2) is 18.2 Å². The van der Waals surface area contributed by atoms with Gasteiger partial charge in [0, 0.05) is 42.8 Å². The molecule has 0 radical (unpaired) electrons. The van der Waals surface area contributed by atoms with Gasteiger partial charge in [-0.2, -0.15) is 0 Å². The number of halogens is 1. The van der Waals surface area contributed by atoms with Gasteiger partial charge in [0.2, 0.25) is 0 Å². The third kappa shape index (κ3) is 4.46. The molecule has 25 heavy (non-hydrogen) atoms. The van der Waals surface area contributed by atoms with Gasteiger partial charge >= 0.3 is 0 Å². The highest BCUT2D eigenvalue weighted by Crippen LogP contribution is 2.27. The standard InChI is InChI=1S/C19H27ClN2O3/c1-14(21-7-9-25-10-8-21)15-3-5-22(6-4-15)19(23)16-11-17(20)13-18(12-16)24-2/h11-15H,3-10H2,1-2H3/t14-/m0/s1. The summed E-state index contributed by atoms with van der Waals surface area (Å²) >= 11 is 6.10. The fraction of sp³-hybridized carbons (Fsp3) is 0.632. The van der Waals surface area contributed by atoms with Crippen LogP contribution in [0.1, 0.15) is 30.1 Å². The largest absolute Gasteiger partial charge is 0.497 e. The van der Waals surface area contributed by atoms with Crippen LogP contribution in [-0.4, -0.2) is 68.3 Å². The number of morpholine rings is 1. The molecule has 2 aliphatic heterocycles. The Morgan fingerprint density at radius 1 is 1.20 bits per heavy atom. The molecule has 0 spiro atoms. The molecule has 0 saturated carbocycles. The van der Waals surface area contributed by atoms with E-state index in [4.69, 9.17) is 21.1 Å². The molecule has 2 saturated heterocycles. The molecule has 1 atom stereocenters. The summed E-state index contributed by atoms with van der Waals surface area (Å²) in [4.78, 5) is 17.2. The van der Waals surface area contributed by atoms with Crippen molar-refractivity contribution in [2.24, 2.45) is 5.92 Å². The van der Waals surface area contributed by atoms with Crippen LogP contribution in [0.3, 0.4) is 0 Å². The van der Waals surface area contributed by atoms with Crippen LogP contribution in [0.25, 0.3) is 0 Å². The van der Waals surface area contributed by atoms with Gasteiger partial charge in [0.1, 0.15) is 5.75 Å². The zero-order valence-electron chi connectivity index (χ0n) is 15.0. The number of hydrogen-bond acceptors (Lipinski definition) is 4. The van der Waals surface area contributed by atoms with E-state index in [0.29, 0.717) is 28.3 Å². The van der Waals surface area contributed by atoms with Gasteiger partial charge in [-0.25, -0.2) is 0 Å². The maximum Gasteiger partial charge on any atom is 0.254 e. The normalized spacial score (nSPS) is 21.2.